The third-order valence-corrected chi connectivity index (χ3v) is 2.17. The molecule has 16 heavy (non-hydrogen) atoms. The van der Waals surface area contributed by atoms with Gasteiger partial charge in [-0.25, -0.2) is 0 Å². The van der Waals surface area contributed by atoms with Crippen molar-refractivity contribution in [2.75, 3.05) is 0 Å². The van der Waals surface area contributed by atoms with E-state index in [1.165, 1.54) is 0 Å². The van der Waals surface area contributed by atoms with Gasteiger partial charge in [0, 0.05) is 17.9 Å². The SMILES string of the molecule is CC(O)CC(C)NC(=O)Cc1ccccn1. The van der Waals surface area contributed by atoms with E-state index >= 15 is 0 Å². The Labute approximate surface area is 95.7 Å². The molecule has 1 amide bonds. The predicted octanol–water partition coefficient (Wildman–Crippen LogP) is 0.900. The molecule has 2 N–H and O–H groups in total. The molecular weight excluding hydrogens is 204 g/mol. The van der Waals surface area contributed by atoms with Crippen LogP contribution in [-0.2, 0) is 11.2 Å². The molecule has 4 nitrogen and oxygen atoms in total. The molecule has 2 unspecified atom stereocenters. The lowest BCUT2D eigenvalue weighted by atomic mass is 10.1. The van der Waals surface area contributed by atoms with Crippen LogP contribution in [0.3, 0.4) is 0 Å². The molecule has 1 aromatic heterocycles. The summed E-state index contributed by atoms with van der Waals surface area (Å²) in [5, 5.41) is 12.0. The van der Waals surface area contributed by atoms with Crippen molar-refractivity contribution >= 4 is 5.91 Å². The Kier molecular flexibility index (Phi) is 4.92. The van der Waals surface area contributed by atoms with Crippen molar-refractivity contribution in [3.63, 3.8) is 0 Å². The predicted molar refractivity (Wildman–Crippen MR) is 61.8 cm³/mol. The van der Waals surface area contributed by atoms with Crippen molar-refractivity contribution in [1.29, 1.82) is 0 Å². The van der Waals surface area contributed by atoms with Gasteiger partial charge in [-0.1, -0.05) is 6.07 Å². The Bertz CT molecular complexity index is 325. The van der Waals surface area contributed by atoms with Gasteiger partial charge in [0.25, 0.3) is 0 Å². The fourth-order valence-electron chi connectivity index (χ4n) is 1.56. The van der Waals surface area contributed by atoms with Gasteiger partial charge in [0.2, 0.25) is 5.91 Å². The first kappa shape index (κ1) is 12.6. The van der Waals surface area contributed by atoms with E-state index in [2.05, 4.69) is 10.3 Å². The molecule has 0 fully saturated rings. The van der Waals surface area contributed by atoms with E-state index in [0.717, 1.165) is 5.69 Å². The summed E-state index contributed by atoms with van der Waals surface area (Å²) in [7, 11) is 0. The van der Waals surface area contributed by atoms with Crippen molar-refractivity contribution in [3.8, 4) is 0 Å². The maximum absolute atomic E-state index is 11.6. The van der Waals surface area contributed by atoms with Crippen LogP contribution in [0.5, 0.6) is 0 Å². The summed E-state index contributed by atoms with van der Waals surface area (Å²) in [6, 6.07) is 5.47. The molecule has 1 rings (SSSR count). The van der Waals surface area contributed by atoms with E-state index in [-0.39, 0.29) is 18.4 Å². The molecule has 0 spiro atoms. The second-order valence-corrected chi connectivity index (χ2v) is 4.05. The first-order valence-electron chi connectivity index (χ1n) is 5.45. The van der Waals surface area contributed by atoms with Crippen LogP contribution in [0.4, 0.5) is 0 Å². The van der Waals surface area contributed by atoms with Gasteiger partial charge in [-0.3, -0.25) is 9.78 Å². The number of carbonyl (C=O) groups excluding carboxylic acids is 1. The van der Waals surface area contributed by atoms with E-state index in [4.69, 9.17) is 5.11 Å². The molecule has 2 atom stereocenters. The van der Waals surface area contributed by atoms with Gasteiger partial charge in [-0.05, 0) is 32.4 Å². The Hall–Kier alpha value is -1.42. The normalized spacial score (nSPS) is 14.2. The summed E-state index contributed by atoms with van der Waals surface area (Å²) in [6.45, 7) is 3.59. The smallest absolute Gasteiger partial charge is 0.226 e. The molecule has 0 aliphatic rings. The summed E-state index contributed by atoms with van der Waals surface area (Å²) in [5.41, 5.74) is 0.754. The second-order valence-electron chi connectivity index (χ2n) is 4.05. The lowest BCUT2D eigenvalue weighted by Crippen LogP contribution is -2.35. The number of hydrogen-bond acceptors (Lipinski definition) is 3. The Morgan fingerprint density at radius 2 is 2.25 bits per heavy atom. The van der Waals surface area contributed by atoms with Crippen molar-refractivity contribution < 1.29 is 9.90 Å². The summed E-state index contributed by atoms with van der Waals surface area (Å²) < 4.78 is 0. The number of nitrogens with one attached hydrogen (secondary N) is 1. The van der Waals surface area contributed by atoms with Crippen LogP contribution < -0.4 is 5.32 Å². The van der Waals surface area contributed by atoms with Gasteiger partial charge in [-0.15, -0.1) is 0 Å². The van der Waals surface area contributed by atoms with Gasteiger partial charge >= 0.3 is 0 Å². The summed E-state index contributed by atoms with van der Waals surface area (Å²) in [5.74, 6) is -0.0631. The number of carbonyl (C=O) groups is 1. The van der Waals surface area contributed by atoms with Gasteiger partial charge in [0.15, 0.2) is 0 Å². The Morgan fingerprint density at radius 1 is 1.50 bits per heavy atom. The highest BCUT2D eigenvalue weighted by Gasteiger charge is 2.10. The van der Waals surface area contributed by atoms with E-state index in [0.29, 0.717) is 6.42 Å². The molecule has 0 aliphatic heterocycles. The van der Waals surface area contributed by atoms with Gasteiger partial charge < -0.3 is 10.4 Å². The molecule has 0 radical (unpaired) electrons. The number of aliphatic hydroxyl groups excluding tert-OH is 1. The molecular formula is C12H18N2O2. The molecule has 0 saturated carbocycles. The minimum atomic E-state index is -0.398. The molecule has 0 aromatic carbocycles. The number of hydrogen-bond donors (Lipinski definition) is 2. The summed E-state index contributed by atoms with van der Waals surface area (Å²) in [4.78, 5) is 15.6. The molecule has 1 heterocycles. The number of aliphatic hydroxyl groups is 1. The van der Waals surface area contributed by atoms with E-state index in [9.17, 15) is 4.79 Å². The van der Waals surface area contributed by atoms with Crippen molar-refractivity contribution in [2.24, 2.45) is 0 Å². The first-order chi connectivity index (χ1) is 7.58. The summed E-state index contributed by atoms with van der Waals surface area (Å²) >= 11 is 0. The second kappa shape index (κ2) is 6.23. The van der Waals surface area contributed by atoms with Crippen LogP contribution in [0.15, 0.2) is 24.4 Å². The fourth-order valence-corrected chi connectivity index (χ4v) is 1.56. The zero-order valence-electron chi connectivity index (χ0n) is 9.68. The van der Waals surface area contributed by atoms with Crippen molar-refractivity contribution in [2.45, 2.75) is 38.8 Å². The molecule has 88 valence electrons. The van der Waals surface area contributed by atoms with Gasteiger partial charge in [0.1, 0.15) is 0 Å². The zero-order chi connectivity index (χ0) is 12.0. The average molecular weight is 222 g/mol. The van der Waals surface area contributed by atoms with Crippen LogP contribution >= 0.6 is 0 Å². The molecule has 0 bridgehead atoms. The maximum Gasteiger partial charge on any atom is 0.226 e. The quantitative estimate of drug-likeness (QED) is 0.778. The Balaban J connectivity index is 2.36. The van der Waals surface area contributed by atoms with Crippen LogP contribution in [0, 0.1) is 0 Å². The van der Waals surface area contributed by atoms with Gasteiger partial charge in [-0.2, -0.15) is 0 Å². The number of nitrogens with zero attached hydrogens (tertiary/aromatic N) is 1. The topological polar surface area (TPSA) is 62.2 Å². The Morgan fingerprint density at radius 3 is 2.81 bits per heavy atom. The number of rotatable bonds is 5. The molecule has 0 aliphatic carbocycles. The number of aromatic nitrogens is 1. The lowest BCUT2D eigenvalue weighted by molar-refractivity contribution is -0.121. The first-order valence-corrected chi connectivity index (χ1v) is 5.45. The standard InChI is InChI=1S/C12H18N2O2/c1-9(7-10(2)15)14-12(16)8-11-5-3-4-6-13-11/h3-6,9-10,15H,7-8H2,1-2H3,(H,14,16). The van der Waals surface area contributed by atoms with Gasteiger partial charge in [0.05, 0.1) is 12.5 Å². The van der Waals surface area contributed by atoms with Crippen LogP contribution in [0.2, 0.25) is 0 Å². The minimum absolute atomic E-state index is 0.0174. The van der Waals surface area contributed by atoms with Crippen molar-refractivity contribution in [1.82, 2.24) is 10.3 Å². The monoisotopic (exact) mass is 222 g/mol. The highest BCUT2D eigenvalue weighted by atomic mass is 16.3. The number of amides is 1. The largest absolute Gasteiger partial charge is 0.393 e. The third kappa shape index (κ3) is 4.89. The fraction of sp³-hybridized carbons (Fsp3) is 0.500. The van der Waals surface area contributed by atoms with Crippen molar-refractivity contribution in [3.05, 3.63) is 30.1 Å². The number of pyridine rings is 1. The molecule has 0 saturated heterocycles. The highest BCUT2D eigenvalue weighted by Crippen LogP contribution is 1.99. The van der Waals surface area contributed by atoms with E-state index in [1.54, 1.807) is 13.1 Å². The van der Waals surface area contributed by atoms with E-state index < -0.39 is 6.10 Å². The van der Waals surface area contributed by atoms with E-state index in [1.807, 2.05) is 25.1 Å². The lowest BCUT2D eigenvalue weighted by Gasteiger charge is -2.15. The van der Waals surface area contributed by atoms with Crippen LogP contribution in [0.25, 0.3) is 0 Å². The highest BCUT2D eigenvalue weighted by molar-refractivity contribution is 5.78. The summed E-state index contributed by atoms with van der Waals surface area (Å²) in [6.07, 6.45) is 2.12. The average Bonchev–Trinajstić information content (AvgIpc) is 2.17. The zero-order valence-corrected chi connectivity index (χ0v) is 9.68. The minimum Gasteiger partial charge on any atom is -0.393 e. The van der Waals surface area contributed by atoms with Crippen LogP contribution in [0.1, 0.15) is 26.0 Å². The maximum atomic E-state index is 11.6. The molecule has 1 aromatic rings. The van der Waals surface area contributed by atoms with Crippen LogP contribution in [-0.4, -0.2) is 28.1 Å². The third-order valence-electron chi connectivity index (χ3n) is 2.17. The molecule has 4 heteroatoms.